The first-order valence-electron chi connectivity index (χ1n) is 12.9. The van der Waals surface area contributed by atoms with E-state index in [1.807, 2.05) is 6.08 Å². The Kier molecular flexibility index (Phi) is 5.97. The minimum absolute atomic E-state index is 0.182. The molecular formula is C29H44O. The molecule has 1 nitrogen and oxygen atoms in total. The van der Waals surface area contributed by atoms with Crippen LogP contribution in [0, 0.1) is 40.4 Å². The molecule has 1 saturated carbocycles. The van der Waals surface area contributed by atoms with E-state index in [2.05, 4.69) is 53.7 Å². The number of hydrogen-bond donors (Lipinski definition) is 0. The molecule has 1 heteroatoms. The Morgan fingerprint density at radius 3 is 2.47 bits per heavy atom. The molecule has 4 aliphatic rings. The highest BCUT2D eigenvalue weighted by molar-refractivity contribution is 5.92. The van der Waals surface area contributed by atoms with Crippen molar-refractivity contribution in [1.29, 1.82) is 0 Å². The van der Waals surface area contributed by atoms with Crippen molar-refractivity contribution < 1.29 is 4.79 Å². The first kappa shape index (κ1) is 22.1. The highest BCUT2D eigenvalue weighted by Gasteiger charge is 2.53. The lowest BCUT2D eigenvalue weighted by molar-refractivity contribution is -0.116. The monoisotopic (exact) mass is 408 g/mol. The van der Waals surface area contributed by atoms with Crippen LogP contribution in [0.5, 0.6) is 0 Å². The lowest BCUT2D eigenvalue weighted by Gasteiger charge is -2.51. The van der Waals surface area contributed by atoms with E-state index in [1.165, 1.54) is 50.5 Å². The molecule has 1 fully saturated rings. The molecule has 0 radical (unpaired) electrons. The molecule has 0 aromatic heterocycles. The van der Waals surface area contributed by atoms with Crippen LogP contribution in [0.1, 0.15) is 99.3 Å². The summed E-state index contributed by atoms with van der Waals surface area (Å²) in [5.41, 5.74) is 5.35. The third-order valence-corrected chi connectivity index (χ3v) is 10.1. The molecule has 0 aromatic carbocycles. The molecule has 0 N–H and O–H groups in total. The Balaban J connectivity index is 1.58. The molecule has 0 amide bonds. The molecule has 0 heterocycles. The molecule has 166 valence electrons. The largest absolute Gasteiger partial charge is 0.295 e. The van der Waals surface area contributed by atoms with Gasteiger partial charge in [0.15, 0.2) is 5.78 Å². The van der Waals surface area contributed by atoms with Gasteiger partial charge in [0.1, 0.15) is 0 Å². The molecule has 4 rings (SSSR count). The van der Waals surface area contributed by atoms with Gasteiger partial charge >= 0.3 is 0 Å². The van der Waals surface area contributed by atoms with Crippen LogP contribution in [0.4, 0.5) is 0 Å². The standard InChI is InChI=1S/C29H44O/c1-7-21(19(2)3)9-8-20(4)25-12-13-26-24-11-10-22-18-23(30)14-16-28(22,5)27(24)15-17-29(25,26)6/h10-11,18-21,25,27H,7-9,12-17H2,1-6H3/t20-,21?,25?,27?,28?,29?/m1/s1. The third-order valence-electron chi connectivity index (χ3n) is 10.1. The van der Waals surface area contributed by atoms with Crippen molar-refractivity contribution in [2.24, 2.45) is 40.4 Å². The summed E-state index contributed by atoms with van der Waals surface area (Å²) < 4.78 is 0. The Hall–Kier alpha value is -1.11. The number of ketones is 1. The SMILES string of the molecule is CCC(CC[C@@H](C)C1CCC2=C3C=CC4=CC(=O)CCC4(C)C3CCC21C)C(C)C. The van der Waals surface area contributed by atoms with Gasteiger partial charge in [-0.1, -0.05) is 72.1 Å². The van der Waals surface area contributed by atoms with Crippen LogP contribution in [-0.4, -0.2) is 5.78 Å². The predicted molar refractivity (Wildman–Crippen MR) is 127 cm³/mol. The van der Waals surface area contributed by atoms with Crippen molar-refractivity contribution >= 4 is 5.78 Å². The molecule has 5 unspecified atom stereocenters. The van der Waals surface area contributed by atoms with E-state index in [-0.39, 0.29) is 5.41 Å². The van der Waals surface area contributed by atoms with Gasteiger partial charge in [-0.05, 0) is 96.2 Å². The molecule has 0 aromatic rings. The van der Waals surface area contributed by atoms with Crippen molar-refractivity contribution in [3.05, 3.63) is 34.9 Å². The van der Waals surface area contributed by atoms with Gasteiger partial charge in [0.2, 0.25) is 0 Å². The van der Waals surface area contributed by atoms with Gasteiger partial charge in [-0.25, -0.2) is 0 Å². The second-order valence-electron chi connectivity index (χ2n) is 11.9. The molecule has 6 atom stereocenters. The number of carbonyl (C=O) groups is 1. The lowest BCUT2D eigenvalue weighted by atomic mass is 9.53. The summed E-state index contributed by atoms with van der Waals surface area (Å²) in [6, 6.07) is 0. The average Bonchev–Trinajstić information content (AvgIpc) is 3.06. The maximum Gasteiger partial charge on any atom is 0.156 e. The van der Waals surface area contributed by atoms with Crippen molar-refractivity contribution in [2.45, 2.75) is 99.3 Å². The van der Waals surface area contributed by atoms with Crippen LogP contribution in [0.15, 0.2) is 34.9 Å². The molecule has 0 aliphatic heterocycles. The normalized spacial score (nSPS) is 37.6. The fraction of sp³-hybridized carbons (Fsp3) is 0.759. The fourth-order valence-corrected chi connectivity index (χ4v) is 7.96. The summed E-state index contributed by atoms with van der Waals surface area (Å²) in [6.07, 6.45) is 17.9. The number of hydrogen-bond acceptors (Lipinski definition) is 1. The van der Waals surface area contributed by atoms with Crippen LogP contribution in [0.2, 0.25) is 0 Å². The Bertz CT molecular complexity index is 780. The first-order valence-corrected chi connectivity index (χ1v) is 12.9. The number of carbonyl (C=O) groups excluding carboxylic acids is 1. The zero-order chi connectivity index (χ0) is 21.7. The van der Waals surface area contributed by atoms with E-state index < -0.39 is 0 Å². The molecule has 0 saturated heterocycles. The van der Waals surface area contributed by atoms with E-state index in [0.29, 0.717) is 17.1 Å². The van der Waals surface area contributed by atoms with Crippen molar-refractivity contribution in [3.8, 4) is 0 Å². The smallest absolute Gasteiger partial charge is 0.156 e. The minimum atomic E-state index is 0.182. The van der Waals surface area contributed by atoms with Crippen molar-refractivity contribution in [3.63, 3.8) is 0 Å². The molecule has 30 heavy (non-hydrogen) atoms. The van der Waals surface area contributed by atoms with Crippen molar-refractivity contribution in [1.82, 2.24) is 0 Å². The summed E-state index contributed by atoms with van der Waals surface area (Å²) in [6.45, 7) is 14.8. The zero-order valence-electron chi connectivity index (χ0n) is 20.4. The Morgan fingerprint density at radius 1 is 1.00 bits per heavy atom. The van der Waals surface area contributed by atoms with Gasteiger partial charge in [-0.2, -0.15) is 0 Å². The first-order chi connectivity index (χ1) is 14.2. The number of rotatable bonds is 6. The van der Waals surface area contributed by atoms with Crippen LogP contribution in [0.25, 0.3) is 0 Å². The quantitative estimate of drug-likeness (QED) is 0.434. The van der Waals surface area contributed by atoms with Crippen LogP contribution < -0.4 is 0 Å². The van der Waals surface area contributed by atoms with Gasteiger partial charge < -0.3 is 0 Å². The summed E-state index contributed by atoms with van der Waals surface area (Å²) >= 11 is 0. The van der Waals surface area contributed by atoms with E-state index in [0.717, 1.165) is 36.5 Å². The number of allylic oxidation sites excluding steroid dienone is 6. The van der Waals surface area contributed by atoms with Gasteiger partial charge in [-0.15, -0.1) is 0 Å². The second kappa shape index (κ2) is 8.10. The van der Waals surface area contributed by atoms with E-state index >= 15 is 0 Å². The van der Waals surface area contributed by atoms with Crippen molar-refractivity contribution in [2.75, 3.05) is 0 Å². The molecule has 4 aliphatic carbocycles. The summed E-state index contributed by atoms with van der Waals surface area (Å²) in [5.74, 6) is 4.32. The van der Waals surface area contributed by atoms with E-state index in [9.17, 15) is 4.79 Å². The van der Waals surface area contributed by atoms with Gasteiger partial charge in [0.05, 0.1) is 0 Å². The average molecular weight is 409 g/mol. The third kappa shape index (κ3) is 3.49. The minimum Gasteiger partial charge on any atom is -0.295 e. The molecular weight excluding hydrogens is 364 g/mol. The molecule has 0 spiro atoms. The van der Waals surface area contributed by atoms with E-state index in [1.54, 1.807) is 11.1 Å². The Labute approximate surface area is 185 Å². The summed E-state index contributed by atoms with van der Waals surface area (Å²) in [7, 11) is 0. The second-order valence-corrected chi connectivity index (χ2v) is 11.9. The lowest BCUT2D eigenvalue weighted by Crippen LogP contribution is -2.41. The topological polar surface area (TPSA) is 17.1 Å². The highest BCUT2D eigenvalue weighted by Crippen LogP contribution is 2.63. The summed E-state index contributed by atoms with van der Waals surface area (Å²) in [5, 5.41) is 0. The van der Waals surface area contributed by atoms with Gasteiger partial charge in [-0.3, -0.25) is 4.79 Å². The van der Waals surface area contributed by atoms with Gasteiger partial charge in [0, 0.05) is 6.42 Å². The highest BCUT2D eigenvalue weighted by atomic mass is 16.1. The van der Waals surface area contributed by atoms with Crippen LogP contribution in [-0.2, 0) is 4.79 Å². The van der Waals surface area contributed by atoms with Gasteiger partial charge in [0.25, 0.3) is 0 Å². The zero-order valence-corrected chi connectivity index (χ0v) is 20.4. The maximum atomic E-state index is 12.0. The predicted octanol–water partition coefficient (Wildman–Crippen LogP) is 8.07. The maximum absolute atomic E-state index is 12.0. The fourth-order valence-electron chi connectivity index (χ4n) is 7.96. The Morgan fingerprint density at radius 2 is 1.77 bits per heavy atom. The van der Waals surface area contributed by atoms with E-state index in [4.69, 9.17) is 0 Å². The number of fused-ring (bicyclic) bond motifs is 4. The summed E-state index contributed by atoms with van der Waals surface area (Å²) in [4.78, 5) is 12.0. The van der Waals surface area contributed by atoms with Crippen LogP contribution >= 0.6 is 0 Å². The molecule has 0 bridgehead atoms. The van der Waals surface area contributed by atoms with Crippen LogP contribution in [0.3, 0.4) is 0 Å².